The number of nitrogens with zero attached hydrogens (tertiary/aromatic N) is 3. The van der Waals surface area contributed by atoms with Crippen molar-refractivity contribution in [1.82, 2.24) is 15.1 Å². The fourth-order valence-corrected chi connectivity index (χ4v) is 4.69. The van der Waals surface area contributed by atoms with Crippen LogP contribution < -0.4 is 5.32 Å². The SMILES string of the molecule is CCCCNC(=O)C(C#N)C(=O)c1nn(-c2ccccc2)c2c1CSc1ccccc1-2. The first-order valence-corrected chi connectivity index (χ1v) is 11.2. The van der Waals surface area contributed by atoms with Crippen LogP contribution in [0.1, 0.15) is 35.8 Å². The van der Waals surface area contributed by atoms with Crippen molar-refractivity contribution in [2.75, 3.05) is 6.54 Å². The summed E-state index contributed by atoms with van der Waals surface area (Å²) >= 11 is 1.63. The number of benzene rings is 2. The number of hydrogen-bond acceptors (Lipinski definition) is 5. The van der Waals surface area contributed by atoms with E-state index in [9.17, 15) is 14.9 Å². The van der Waals surface area contributed by atoms with Crippen LogP contribution in [0.15, 0.2) is 59.5 Å². The van der Waals surface area contributed by atoms with E-state index in [-0.39, 0.29) is 5.69 Å². The lowest BCUT2D eigenvalue weighted by Gasteiger charge is -2.18. The Morgan fingerprint density at radius 2 is 1.94 bits per heavy atom. The maximum Gasteiger partial charge on any atom is 0.245 e. The number of aromatic nitrogens is 2. The van der Waals surface area contributed by atoms with Crippen LogP contribution in [0, 0.1) is 17.2 Å². The summed E-state index contributed by atoms with van der Waals surface area (Å²) in [7, 11) is 0. The maximum absolute atomic E-state index is 13.3. The Kier molecular flexibility index (Phi) is 6.19. The van der Waals surface area contributed by atoms with Gasteiger partial charge in [0.1, 0.15) is 5.69 Å². The Morgan fingerprint density at radius 3 is 2.68 bits per heavy atom. The minimum Gasteiger partial charge on any atom is -0.355 e. The summed E-state index contributed by atoms with van der Waals surface area (Å²) in [6, 6.07) is 19.5. The van der Waals surface area contributed by atoms with Gasteiger partial charge in [0.05, 0.1) is 17.5 Å². The number of hydrogen-bond donors (Lipinski definition) is 1. The first-order chi connectivity index (χ1) is 15.2. The lowest BCUT2D eigenvalue weighted by atomic mass is 9.97. The zero-order valence-corrected chi connectivity index (χ0v) is 18.0. The minimum atomic E-state index is -1.41. The van der Waals surface area contributed by atoms with Gasteiger partial charge in [-0.25, -0.2) is 4.68 Å². The summed E-state index contributed by atoms with van der Waals surface area (Å²) in [4.78, 5) is 26.9. The molecule has 1 aromatic heterocycles. The number of rotatable bonds is 7. The molecule has 0 bridgehead atoms. The summed E-state index contributed by atoms with van der Waals surface area (Å²) in [5, 5.41) is 16.9. The molecule has 0 spiro atoms. The highest BCUT2D eigenvalue weighted by Gasteiger charge is 2.35. The van der Waals surface area contributed by atoms with Gasteiger partial charge in [-0.15, -0.1) is 11.8 Å². The smallest absolute Gasteiger partial charge is 0.245 e. The third-order valence-corrected chi connectivity index (χ3v) is 6.31. The second-order valence-electron chi connectivity index (χ2n) is 7.28. The molecule has 2 heterocycles. The highest BCUT2D eigenvalue weighted by atomic mass is 32.2. The van der Waals surface area contributed by atoms with Crippen LogP contribution in [0.5, 0.6) is 0 Å². The Morgan fingerprint density at radius 1 is 1.19 bits per heavy atom. The van der Waals surface area contributed by atoms with Gasteiger partial charge in [-0.05, 0) is 24.6 Å². The molecule has 0 aliphatic carbocycles. The fraction of sp³-hybridized carbons (Fsp3) is 0.250. The average molecular weight is 431 g/mol. The number of para-hydroxylation sites is 1. The van der Waals surface area contributed by atoms with Crippen LogP contribution in [0.3, 0.4) is 0 Å². The van der Waals surface area contributed by atoms with Crippen LogP contribution in [-0.4, -0.2) is 28.0 Å². The van der Waals surface area contributed by atoms with Crippen LogP contribution in [0.25, 0.3) is 16.9 Å². The van der Waals surface area contributed by atoms with Crippen LogP contribution in [0.2, 0.25) is 0 Å². The molecule has 1 amide bonds. The number of carbonyl (C=O) groups is 2. The van der Waals surface area contributed by atoms with Gasteiger partial charge in [-0.3, -0.25) is 9.59 Å². The number of nitrogens with one attached hydrogen (secondary N) is 1. The Labute approximate surface area is 185 Å². The average Bonchev–Trinajstić information content (AvgIpc) is 3.20. The number of thioether (sulfide) groups is 1. The predicted octanol–water partition coefficient (Wildman–Crippen LogP) is 4.38. The standard InChI is InChI=1S/C24H22N4O2S/c1-2-3-13-26-24(30)18(14-25)23(29)21-19-15-31-20-12-8-7-11-17(20)22(19)28(27-21)16-9-5-4-6-10-16/h4-12,18H,2-3,13,15H2,1H3,(H,26,30). The second-order valence-corrected chi connectivity index (χ2v) is 8.30. The van der Waals surface area contributed by atoms with E-state index >= 15 is 0 Å². The number of fused-ring (bicyclic) bond motifs is 3. The van der Waals surface area contributed by atoms with Gasteiger partial charge < -0.3 is 5.32 Å². The molecule has 1 unspecified atom stereocenters. The summed E-state index contributed by atoms with van der Waals surface area (Å²) in [6.45, 7) is 2.46. The number of amides is 1. The third kappa shape index (κ3) is 3.99. The van der Waals surface area contributed by atoms with E-state index in [0.717, 1.165) is 40.2 Å². The number of ketones is 1. The quantitative estimate of drug-likeness (QED) is 0.341. The van der Waals surface area contributed by atoms with Crippen LogP contribution in [0.4, 0.5) is 0 Å². The van der Waals surface area contributed by atoms with Gasteiger partial charge >= 0.3 is 0 Å². The Bertz CT molecular complexity index is 1160. The molecular formula is C24H22N4O2S. The van der Waals surface area contributed by atoms with Crippen LogP contribution >= 0.6 is 11.8 Å². The van der Waals surface area contributed by atoms with Crippen LogP contribution in [-0.2, 0) is 10.5 Å². The van der Waals surface area contributed by atoms with Gasteiger partial charge in [0.2, 0.25) is 11.7 Å². The normalized spacial score (nSPS) is 12.9. The number of nitriles is 1. The highest BCUT2D eigenvalue weighted by Crippen LogP contribution is 2.43. The van der Waals surface area contributed by atoms with Gasteiger partial charge in [0.25, 0.3) is 0 Å². The topological polar surface area (TPSA) is 87.8 Å². The second kappa shape index (κ2) is 9.19. The van der Waals surface area contributed by atoms with E-state index < -0.39 is 17.6 Å². The van der Waals surface area contributed by atoms with E-state index in [1.54, 1.807) is 16.4 Å². The molecule has 0 fully saturated rings. The van der Waals surface area contributed by atoms with Gasteiger partial charge in [-0.2, -0.15) is 10.4 Å². The maximum atomic E-state index is 13.3. The summed E-state index contributed by atoms with van der Waals surface area (Å²) in [5.41, 5.74) is 3.61. The third-order valence-electron chi connectivity index (χ3n) is 5.21. The van der Waals surface area contributed by atoms with Crippen molar-refractivity contribution in [3.63, 3.8) is 0 Å². The Balaban J connectivity index is 1.80. The number of carbonyl (C=O) groups excluding carboxylic acids is 2. The predicted molar refractivity (Wildman–Crippen MR) is 120 cm³/mol. The molecular weight excluding hydrogens is 408 g/mol. The molecule has 156 valence electrons. The first-order valence-electron chi connectivity index (χ1n) is 10.3. The minimum absolute atomic E-state index is 0.193. The largest absolute Gasteiger partial charge is 0.355 e. The van der Waals surface area contributed by atoms with E-state index in [0.29, 0.717) is 12.3 Å². The molecule has 1 atom stereocenters. The monoisotopic (exact) mass is 430 g/mol. The molecule has 1 aliphatic heterocycles. The van der Waals surface area contributed by atoms with Gasteiger partial charge in [0, 0.05) is 28.3 Å². The molecule has 1 N–H and O–H groups in total. The highest BCUT2D eigenvalue weighted by molar-refractivity contribution is 7.98. The van der Waals surface area contributed by atoms with Crippen molar-refractivity contribution in [2.45, 2.75) is 30.4 Å². The first kappa shape index (κ1) is 20.9. The lowest BCUT2D eigenvalue weighted by Crippen LogP contribution is -2.35. The van der Waals surface area contributed by atoms with Crippen molar-refractivity contribution < 1.29 is 9.59 Å². The Hall–Kier alpha value is -3.37. The van der Waals surface area contributed by atoms with Gasteiger partial charge in [-0.1, -0.05) is 49.7 Å². The molecule has 0 saturated carbocycles. The molecule has 4 rings (SSSR count). The van der Waals surface area contributed by atoms with Crippen molar-refractivity contribution in [3.05, 3.63) is 65.9 Å². The molecule has 2 aromatic carbocycles. The molecule has 1 aliphatic rings. The summed E-state index contributed by atoms with van der Waals surface area (Å²) in [6.07, 6.45) is 1.71. The molecule has 3 aromatic rings. The molecule has 7 heteroatoms. The molecule has 6 nitrogen and oxygen atoms in total. The van der Waals surface area contributed by atoms with Crippen molar-refractivity contribution in [2.24, 2.45) is 5.92 Å². The van der Waals surface area contributed by atoms with E-state index in [1.807, 2.05) is 67.6 Å². The summed E-state index contributed by atoms with van der Waals surface area (Å²) in [5.74, 6) is -1.98. The molecule has 0 saturated heterocycles. The molecule has 0 radical (unpaired) electrons. The van der Waals surface area contributed by atoms with Crippen molar-refractivity contribution >= 4 is 23.5 Å². The zero-order valence-electron chi connectivity index (χ0n) is 17.2. The van der Waals surface area contributed by atoms with Crippen molar-refractivity contribution in [1.29, 1.82) is 5.26 Å². The van der Waals surface area contributed by atoms with E-state index in [4.69, 9.17) is 0 Å². The van der Waals surface area contributed by atoms with Crippen molar-refractivity contribution in [3.8, 4) is 23.0 Å². The van der Waals surface area contributed by atoms with Gasteiger partial charge in [0.15, 0.2) is 5.92 Å². The fourth-order valence-electron chi connectivity index (χ4n) is 3.62. The van der Waals surface area contributed by atoms with E-state index in [2.05, 4.69) is 10.4 Å². The number of Topliss-reactive ketones (excluding diaryl/α,β-unsaturated/α-hetero) is 1. The zero-order chi connectivity index (χ0) is 21.8. The number of unbranched alkanes of at least 4 members (excludes halogenated alkanes) is 1. The molecule has 31 heavy (non-hydrogen) atoms. The summed E-state index contributed by atoms with van der Waals surface area (Å²) < 4.78 is 1.75. The lowest BCUT2D eigenvalue weighted by molar-refractivity contribution is -0.122. The van der Waals surface area contributed by atoms with E-state index in [1.165, 1.54) is 0 Å².